The fraction of sp³-hybridized carbons (Fsp3) is 0.219. The Morgan fingerprint density at radius 1 is 1.14 bits per heavy atom. The Labute approximate surface area is 250 Å². The minimum absolute atomic E-state index is 0.0314. The van der Waals surface area contributed by atoms with Crippen LogP contribution in [0.1, 0.15) is 42.4 Å². The molecule has 1 atom stereocenters. The third-order valence-electron chi connectivity index (χ3n) is 7.09. The zero-order valence-electron chi connectivity index (χ0n) is 23.1. The molecule has 6 rings (SSSR count). The van der Waals surface area contributed by atoms with E-state index in [1.807, 2.05) is 6.07 Å². The normalized spacial score (nSPS) is 15.4. The second-order valence-corrected chi connectivity index (χ2v) is 11.8. The molecular formula is C32H27ClN2O6S. The van der Waals surface area contributed by atoms with Gasteiger partial charge < -0.3 is 19.0 Å². The number of furan rings is 1. The van der Waals surface area contributed by atoms with Crippen molar-refractivity contribution >= 4 is 60.9 Å². The van der Waals surface area contributed by atoms with Crippen molar-refractivity contribution in [1.82, 2.24) is 4.98 Å². The maximum absolute atomic E-state index is 14.1. The van der Waals surface area contributed by atoms with Crippen molar-refractivity contribution in [2.75, 3.05) is 18.6 Å². The van der Waals surface area contributed by atoms with E-state index >= 15 is 0 Å². The van der Waals surface area contributed by atoms with Crippen molar-refractivity contribution in [1.29, 1.82) is 0 Å². The van der Waals surface area contributed by atoms with Gasteiger partial charge in [0.25, 0.3) is 5.91 Å². The first-order chi connectivity index (χ1) is 20.2. The molecule has 10 heteroatoms. The Hall–Kier alpha value is -4.34. The molecule has 1 amide bonds. The highest BCUT2D eigenvalue weighted by atomic mass is 35.5. The van der Waals surface area contributed by atoms with Gasteiger partial charge in [-0.25, -0.2) is 4.98 Å². The number of amides is 1. The van der Waals surface area contributed by atoms with Gasteiger partial charge in [0.15, 0.2) is 28.0 Å². The molecule has 2 aromatic heterocycles. The molecule has 214 valence electrons. The first-order valence-corrected chi connectivity index (χ1v) is 14.6. The summed E-state index contributed by atoms with van der Waals surface area (Å²) < 4.78 is 18.1. The number of ether oxygens (including phenoxy) is 2. The molecule has 0 bridgehead atoms. The van der Waals surface area contributed by atoms with Crippen LogP contribution in [0.25, 0.3) is 21.2 Å². The summed E-state index contributed by atoms with van der Waals surface area (Å²) in [7, 11) is 1.51. The predicted octanol–water partition coefficient (Wildman–Crippen LogP) is 7.91. The van der Waals surface area contributed by atoms with E-state index in [2.05, 4.69) is 18.8 Å². The van der Waals surface area contributed by atoms with E-state index in [0.717, 1.165) is 11.1 Å². The monoisotopic (exact) mass is 602 g/mol. The van der Waals surface area contributed by atoms with E-state index in [9.17, 15) is 14.7 Å². The Bertz CT molecular complexity index is 1870. The number of halogens is 1. The molecule has 0 spiro atoms. The molecule has 0 saturated carbocycles. The van der Waals surface area contributed by atoms with Crippen LogP contribution >= 0.6 is 22.9 Å². The number of hydrogen-bond acceptors (Lipinski definition) is 8. The smallest absolute Gasteiger partial charge is 0.296 e. The number of fused-ring (bicyclic) bond motifs is 2. The van der Waals surface area contributed by atoms with Gasteiger partial charge in [0.1, 0.15) is 5.75 Å². The van der Waals surface area contributed by atoms with E-state index < -0.39 is 23.5 Å². The molecule has 42 heavy (non-hydrogen) atoms. The van der Waals surface area contributed by atoms with E-state index in [-0.39, 0.29) is 11.3 Å². The Kier molecular flexibility index (Phi) is 7.38. The fourth-order valence-electron chi connectivity index (χ4n) is 4.97. The molecule has 0 aliphatic carbocycles. The Morgan fingerprint density at radius 3 is 2.74 bits per heavy atom. The van der Waals surface area contributed by atoms with Crippen LogP contribution in [0.4, 0.5) is 5.13 Å². The van der Waals surface area contributed by atoms with Gasteiger partial charge in [-0.2, -0.15) is 0 Å². The van der Waals surface area contributed by atoms with Crippen molar-refractivity contribution in [3.8, 4) is 11.5 Å². The number of aliphatic hydroxyl groups is 1. The quantitative estimate of drug-likeness (QED) is 0.171. The van der Waals surface area contributed by atoms with Crippen molar-refractivity contribution in [2.24, 2.45) is 5.92 Å². The number of nitrogens with zero attached hydrogens (tertiary/aromatic N) is 2. The van der Waals surface area contributed by atoms with Crippen LogP contribution < -0.4 is 14.4 Å². The first kappa shape index (κ1) is 27.8. The molecule has 1 aliphatic heterocycles. The number of anilines is 1. The number of carbonyl (C=O) groups is 2. The first-order valence-electron chi connectivity index (χ1n) is 13.4. The molecule has 1 unspecified atom stereocenters. The fourth-order valence-corrected chi connectivity index (χ4v) is 6.24. The number of ketones is 1. The van der Waals surface area contributed by atoms with Crippen LogP contribution in [-0.4, -0.2) is 35.5 Å². The minimum Gasteiger partial charge on any atom is -0.503 e. The van der Waals surface area contributed by atoms with E-state index in [0.29, 0.717) is 56.2 Å². The second kappa shape index (κ2) is 11.2. The van der Waals surface area contributed by atoms with Crippen molar-refractivity contribution in [3.63, 3.8) is 0 Å². The van der Waals surface area contributed by atoms with E-state index in [1.165, 1.54) is 23.3 Å². The average molecular weight is 603 g/mol. The number of benzene rings is 3. The molecule has 1 aliphatic rings. The lowest BCUT2D eigenvalue weighted by Crippen LogP contribution is -2.31. The summed E-state index contributed by atoms with van der Waals surface area (Å²) in [5, 5.41) is 12.7. The molecule has 0 fully saturated rings. The summed E-state index contributed by atoms with van der Waals surface area (Å²) in [6.45, 7) is 4.75. The number of carbonyl (C=O) groups excluding carboxylic acids is 2. The maximum atomic E-state index is 14.1. The summed E-state index contributed by atoms with van der Waals surface area (Å²) in [6, 6.07) is 18.3. The average Bonchev–Trinajstić information content (AvgIpc) is 3.66. The summed E-state index contributed by atoms with van der Waals surface area (Å²) >= 11 is 7.44. The van der Waals surface area contributed by atoms with Crippen molar-refractivity contribution in [2.45, 2.75) is 26.3 Å². The van der Waals surface area contributed by atoms with Crippen LogP contribution in [0.15, 0.2) is 82.5 Å². The lowest BCUT2D eigenvalue weighted by atomic mass is 9.95. The number of thiazole rings is 1. The summed E-state index contributed by atoms with van der Waals surface area (Å²) in [5.74, 6) is -0.546. The highest BCUT2D eigenvalue weighted by Crippen LogP contribution is 2.45. The molecule has 0 radical (unpaired) electrons. The van der Waals surface area contributed by atoms with Gasteiger partial charge in [-0.15, -0.1) is 0 Å². The predicted molar refractivity (Wildman–Crippen MR) is 163 cm³/mol. The van der Waals surface area contributed by atoms with Crippen LogP contribution in [0, 0.1) is 5.92 Å². The number of Topliss-reactive ketones (excluding diaryl/α,β-unsaturated/α-hetero) is 1. The largest absolute Gasteiger partial charge is 0.503 e. The zero-order chi connectivity index (χ0) is 29.5. The topological polar surface area (TPSA) is 102 Å². The van der Waals surface area contributed by atoms with Crippen LogP contribution in [0.2, 0.25) is 5.02 Å². The molecule has 8 nitrogen and oxygen atoms in total. The molecule has 1 N–H and O–H groups in total. The van der Waals surface area contributed by atoms with Gasteiger partial charge >= 0.3 is 0 Å². The third-order valence-corrected chi connectivity index (χ3v) is 8.34. The highest BCUT2D eigenvalue weighted by molar-refractivity contribution is 7.22. The second-order valence-electron chi connectivity index (χ2n) is 10.4. The van der Waals surface area contributed by atoms with E-state index in [1.54, 1.807) is 60.7 Å². The molecule has 3 heterocycles. The van der Waals surface area contributed by atoms with Gasteiger partial charge in [-0.05, 0) is 60.4 Å². The SMILES string of the molecule is COc1cccc2cc(C(=O)C3=C(O)C(=O)N(c4nc5ccc(Cl)cc5s4)C3c3cccc(OCCC(C)C)c3)oc12. The Morgan fingerprint density at radius 2 is 1.95 bits per heavy atom. The summed E-state index contributed by atoms with van der Waals surface area (Å²) in [5.41, 5.74) is 1.49. The number of hydrogen-bond donors (Lipinski definition) is 1. The zero-order valence-corrected chi connectivity index (χ0v) is 24.7. The van der Waals surface area contributed by atoms with Crippen LogP contribution in [-0.2, 0) is 4.79 Å². The standard InChI is InChI=1S/C32H27ClN2O6S/c1-17(2)12-13-40-21-8-4-6-18(14-21)27-26(28(36)24-15-19-7-5-9-23(39-3)30(19)41-24)29(37)31(38)35(27)32-34-22-11-10-20(33)16-25(22)42-32/h4-11,14-17,27,37H,12-13H2,1-3H3. The summed E-state index contributed by atoms with van der Waals surface area (Å²) in [6.07, 6.45) is 0.868. The lowest BCUT2D eigenvalue weighted by molar-refractivity contribution is -0.117. The minimum atomic E-state index is -0.996. The number of aromatic nitrogens is 1. The number of para-hydroxylation sites is 1. The Balaban J connectivity index is 1.47. The molecular weight excluding hydrogens is 576 g/mol. The van der Waals surface area contributed by atoms with Gasteiger partial charge in [0, 0.05) is 10.4 Å². The van der Waals surface area contributed by atoms with Crippen LogP contribution in [0.5, 0.6) is 11.5 Å². The number of aliphatic hydroxyl groups excluding tert-OH is 1. The number of methoxy groups -OCH3 is 1. The molecule has 0 saturated heterocycles. The number of rotatable bonds is 9. The van der Waals surface area contributed by atoms with Gasteiger partial charge in [0.2, 0.25) is 5.78 Å². The molecule has 3 aromatic carbocycles. The maximum Gasteiger partial charge on any atom is 0.296 e. The third kappa shape index (κ3) is 4.99. The van der Waals surface area contributed by atoms with E-state index in [4.69, 9.17) is 25.5 Å². The van der Waals surface area contributed by atoms with Crippen molar-refractivity contribution < 1.29 is 28.6 Å². The van der Waals surface area contributed by atoms with Gasteiger partial charge in [-0.1, -0.05) is 61.1 Å². The molecule has 5 aromatic rings. The summed E-state index contributed by atoms with van der Waals surface area (Å²) in [4.78, 5) is 33.8. The van der Waals surface area contributed by atoms with Crippen LogP contribution in [0.3, 0.4) is 0 Å². The van der Waals surface area contributed by atoms with Gasteiger partial charge in [0.05, 0.1) is 35.5 Å². The van der Waals surface area contributed by atoms with Crippen molar-refractivity contribution in [3.05, 3.63) is 94.4 Å². The van der Waals surface area contributed by atoms with Gasteiger partial charge in [-0.3, -0.25) is 14.5 Å². The lowest BCUT2D eigenvalue weighted by Gasteiger charge is -2.24. The highest BCUT2D eigenvalue weighted by Gasteiger charge is 2.46.